The van der Waals surface area contributed by atoms with Crippen LogP contribution in [0.5, 0.6) is 6.01 Å². The second-order valence-electron chi connectivity index (χ2n) is 12.9. The number of aromatic nitrogens is 2. The van der Waals surface area contributed by atoms with Crippen molar-refractivity contribution in [3.63, 3.8) is 0 Å². The molecule has 4 aliphatic heterocycles. The highest BCUT2D eigenvalue weighted by Crippen LogP contribution is 2.45. The molecule has 1 unspecified atom stereocenters. The first kappa shape index (κ1) is 30.3. The Balaban J connectivity index is 1.25. The van der Waals surface area contributed by atoms with Crippen molar-refractivity contribution in [1.29, 1.82) is 0 Å². The van der Waals surface area contributed by atoms with E-state index >= 15 is 8.78 Å². The van der Waals surface area contributed by atoms with Gasteiger partial charge in [0.05, 0.1) is 28.2 Å². The number of hydrogen-bond acceptors (Lipinski definition) is 6. The number of anilines is 1. The number of rotatable bonds is 6. The van der Waals surface area contributed by atoms with E-state index in [9.17, 15) is 18.0 Å². The zero-order valence-electron chi connectivity index (χ0n) is 25.1. The number of alkyl halides is 1. The fourth-order valence-electron chi connectivity index (χ4n) is 8.13. The molecule has 4 aromatic rings. The molecule has 1 amide bonds. The standard InChI is InChI=1S/C34H29ClF5N5O2/c1-17(36)32(46)44-11-8-24-25(44)15-45(24)31-21-12-23(39)27(20-5-2-4-18-6-7-22(38)28(35)26(18)20)29(40)30(21)41-33(42-31)47-16-34-9-3-10-43(34)14-19(37)13-34/h2,4-7,12,19,24-25H,1,3,8-11,13-16H2/t19-,24?,25-,34+/m1/s1. The fourth-order valence-corrected chi connectivity index (χ4v) is 8.40. The molecule has 0 saturated carbocycles. The molecule has 0 bridgehead atoms. The minimum Gasteiger partial charge on any atom is -0.461 e. The normalized spacial score (nSPS) is 25.4. The van der Waals surface area contributed by atoms with E-state index in [1.807, 2.05) is 4.90 Å². The predicted octanol–water partition coefficient (Wildman–Crippen LogP) is 6.75. The van der Waals surface area contributed by atoms with Crippen molar-refractivity contribution < 1.29 is 31.5 Å². The highest BCUT2D eigenvalue weighted by molar-refractivity contribution is 6.37. The van der Waals surface area contributed by atoms with E-state index < -0.39 is 46.5 Å². The number of likely N-dealkylation sites (tertiary alicyclic amines) is 1. The van der Waals surface area contributed by atoms with E-state index in [2.05, 4.69) is 21.4 Å². The molecule has 4 atom stereocenters. The summed E-state index contributed by atoms with van der Waals surface area (Å²) in [4.78, 5) is 26.7. The van der Waals surface area contributed by atoms with E-state index in [0.717, 1.165) is 25.5 Å². The SMILES string of the molecule is C=C(F)C(=O)N1CCC2[C@H]1CN2c1nc(OC[C@@]23CCCN2C[C@H](F)C3)nc2c(F)c(-c3cccc4ccc(F)c(Cl)c34)c(F)cc12. The zero-order valence-corrected chi connectivity index (χ0v) is 25.8. The molecular formula is C34H29ClF5N5O2. The predicted molar refractivity (Wildman–Crippen MR) is 167 cm³/mol. The van der Waals surface area contributed by atoms with Crippen molar-refractivity contribution in [2.75, 3.05) is 37.7 Å². The Morgan fingerprint density at radius 3 is 2.72 bits per heavy atom. The Morgan fingerprint density at radius 2 is 1.91 bits per heavy atom. The summed E-state index contributed by atoms with van der Waals surface area (Å²) in [6.07, 6.45) is 1.41. The van der Waals surface area contributed by atoms with Crippen LogP contribution in [-0.2, 0) is 4.79 Å². The van der Waals surface area contributed by atoms with Gasteiger partial charge < -0.3 is 14.5 Å². The number of nitrogens with zero attached hydrogens (tertiary/aromatic N) is 5. The van der Waals surface area contributed by atoms with E-state index in [4.69, 9.17) is 16.3 Å². The summed E-state index contributed by atoms with van der Waals surface area (Å²) in [6, 6.07) is 7.73. The van der Waals surface area contributed by atoms with Gasteiger partial charge in [0.15, 0.2) is 11.6 Å². The first-order valence-electron chi connectivity index (χ1n) is 15.6. The number of halogens is 6. The molecule has 0 aliphatic carbocycles. The van der Waals surface area contributed by atoms with Crippen LogP contribution in [0.4, 0.5) is 27.8 Å². The quantitative estimate of drug-likeness (QED) is 0.167. The molecule has 8 rings (SSSR count). The van der Waals surface area contributed by atoms with Crippen molar-refractivity contribution in [2.24, 2.45) is 0 Å². The third-order valence-corrected chi connectivity index (χ3v) is 10.7. The van der Waals surface area contributed by atoms with Crippen LogP contribution in [-0.4, -0.2) is 82.3 Å². The highest BCUT2D eigenvalue weighted by Gasteiger charge is 2.51. The van der Waals surface area contributed by atoms with Crippen molar-refractivity contribution in [1.82, 2.24) is 19.8 Å². The molecule has 244 valence electrons. The summed E-state index contributed by atoms with van der Waals surface area (Å²) >= 11 is 6.33. The minimum atomic E-state index is -1.06. The fraction of sp³-hybridized carbons (Fsp3) is 0.382. The molecule has 4 fully saturated rings. The number of ether oxygens (including phenoxy) is 1. The molecule has 5 heterocycles. The Morgan fingerprint density at radius 1 is 1.09 bits per heavy atom. The lowest BCUT2D eigenvalue weighted by atomic mass is 9.94. The van der Waals surface area contributed by atoms with Gasteiger partial charge in [0, 0.05) is 36.8 Å². The molecule has 47 heavy (non-hydrogen) atoms. The number of benzene rings is 3. The number of hydrogen-bond donors (Lipinski definition) is 0. The van der Waals surface area contributed by atoms with Gasteiger partial charge in [-0.1, -0.05) is 42.4 Å². The first-order chi connectivity index (χ1) is 22.6. The molecule has 7 nitrogen and oxygen atoms in total. The minimum absolute atomic E-state index is 0.0485. The van der Waals surface area contributed by atoms with E-state index in [1.54, 1.807) is 12.1 Å². The number of fused-ring (bicyclic) bond motifs is 4. The van der Waals surface area contributed by atoms with Gasteiger partial charge >= 0.3 is 6.01 Å². The maximum atomic E-state index is 16.7. The summed E-state index contributed by atoms with van der Waals surface area (Å²) in [5, 5.41) is 0.439. The van der Waals surface area contributed by atoms with Crippen LogP contribution >= 0.6 is 11.6 Å². The summed E-state index contributed by atoms with van der Waals surface area (Å²) in [6.45, 7) is 4.79. The Labute approximate surface area is 271 Å². The molecule has 0 radical (unpaired) electrons. The molecule has 0 N–H and O–H groups in total. The lowest BCUT2D eigenvalue weighted by Crippen LogP contribution is -2.63. The van der Waals surface area contributed by atoms with Gasteiger partial charge in [0.2, 0.25) is 0 Å². The van der Waals surface area contributed by atoms with Gasteiger partial charge in [-0.3, -0.25) is 9.69 Å². The Kier molecular flexibility index (Phi) is 7.10. The van der Waals surface area contributed by atoms with Gasteiger partial charge in [-0.15, -0.1) is 0 Å². The molecule has 1 aromatic heterocycles. The molecule has 4 saturated heterocycles. The molecular weight excluding hydrogens is 641 g/mol. The number of amides is 1. The molecule has 13 heteroatoms. The second-order valence-corrected chi connectivity index (χ2v) is 13.3. The van der Waals surface area contributed by atoms with Crippen LogP contribution in [0.1, 0.15) is 25.7 Å². The largest absolute Gasteiger partial charge is 0.461 e. The van der Waals surface area contributed by atoms with Crippen LogP contribution in [0.15, 0.2) is 48.8 Å². The average molecular weight is 670 g/mol. The molecule has 4 aliphatic rings. The topological polar surface area (TPSA) is 61.8 Å². The van der Waals surface area contributed by atoms with E-state index in [0.29, 0.717) is 24.8 Å². The van der Waals surface area contributed by atoms with Gasteiger partial charge in [-0.2, -0.15) is 9.97 Å². The van der Waals surface area contributed by atoms with E-state index in [1.165, 1.54) is 23.1 Å². The first-order valence-corrected chi connectivity index (χ1v) is 15.9. The van der Waals surface area contributed by atoms with E-state index in [-0.39, 0.29) is 70.5 Å². The smallest absolute Gasteiger partial charge is 0.319 e. The number of carbonyl (C=O) groups is 1. The van der Waals surface area contributed by atoms with Crippen molar-refractivity contribution in [2.45, 2.75) is 49.5 Å². The van der Waals surface area contributed by atoms with Crippen LogP contribution in [0.2, 0.25) is 5.02 Å². The van der Waals surface area contributed by atoms with Crippen LogP contribution in [0.3, 0.4) is 0 Å². The van der Waals surface area contributed by atoms with Gasteiger partial charge in [0.25, 0.3) is 5.91 Å². The third kappa shape index (κ3) is 4.66. The maximum Gasteiger partial charge on any atom is 0.319 e. The average Bonchev–Trinajstić information content (AvgIpc) is 3.67. The summed E-state index contributed by atoms with van der Waals surface area (Å²) in [5.74, 6) is -4.33. The Bertz CT molecular complexity index is 2000. The summed E-state index contributed by atoms with van der Waals surface area (Å²) in [5.41, 5.74) is -1.15. The van der Waals surface area contributed by atoms with Crippen LogP contribution in [0.25, 0.3) is 32.8 Å². The maximum absolute atomic E-state index is 16.7. The van der Waals surface area contributed by atoms with Crippen molar-refractivity contribution in [3.8, 4) is 17.1 Å². The van der Waals surface area contributed by atoms with Crippen LogP contribution in [0, 0.1) is 17.5 Å². The lowest BCUT2D eigenvalue weighted by molar-refractivity contribution is -0.130. The Hall–Kier alpha value is -4.03. The lowest BCUT2D eigenvalue weighted by Gasteiger charge is -2.47. The molecule has 3 aromatic carbocycles. The van der Waals surface area contributed by atoms with Crippen molar-refractivity contribution in [3.05, 3.63) is 71.3 Å². The van der Waals surface area contributed by atoms with Crippen LogP contribution < -0.4 is 9.64 Å². The number of carbonyl (C=O) groups excluding carboxylic acids is 1. The van der Waals surface area contributed by atoms with Gasteiger partial charge in [-0.25, -0.2) is 22.0 Å². The zero-order chi connectivity index (χ0) is 32.8. The van der Waals surface area contributed by atoms with Crippen molar-refractivity contribution >= 4 is 45.0 Å². The van der Waals surface area contributed by atoms with Gasteiger partial charge in [0.1, 0.15) is 35.7 Å². The summed E-state index contributed by atoms with van der Waals surface area (Å²) in [7, 11) is 0. The summed E-state index contributed by atoms with van der Waals surface area (Å²) < 4.78 is 81.7. The monoisotopic (exact) mass is 669 g/mol. The highest BCUT2D eigenvalue weighted by atomic mass is 35.5. The third-order valence-electron chi connectivity index (χ3n) is 10.3. The molecule has 0 spiro atoms. The van der Waals surface area contributed by atoms with Gasteiger partial charge in [-0.05, 0) is 48.9 Å². The second kappa shape index (κ2) is 11.0.